The van der Waals surface area contributed by atoms with Crippen molar-refractivity contribution in [2.45, 2.75) is 64.8 Å². The van der Waals surface area contributed by atoms with E-state index in [1.807, 2.05) is 6.92 Å². The molecule has 3 nitrogen and oxygen atoms in total. The van der Waals surface area contributed by atoms with Gasteiger partial charge in [0.05, 0.1) is 11.8 Å². The Hall–Kier alpha value is -0.713. The Labute approximate surface area is 129 Å². The van der Waals surface area contributed by atoms with Crippen LogP contribution in [0.25, 0.3) is 0 Å². The Morgan fingerprint density at radius 1 is 1.33 bits per heavy atom. The van der Waals surface area contributed by atoms with Gasteiger partial charge >= 0.3 is 0 Å². The van der Waals surface area contributed by atoms with Crippen molar-refractivity contribution in [3.63, 3.8) is 0 Å². The Morgan fingerprint density at radius 3 is 2.57 bits per heavy atom. The zero-order valence-electron chi connectivity index (χ0n) is 14.2. The van der Waals surface area contributed by atoms with Crippen molar-refractivity contribution < 1.29 is 9.53 Å². The maximum absolute atomic E-state index is 9.58. The first-order valence-corrected chi connectivity index (χ1v) is 10.8. The van der Waals surface area contributed by atoms with Crippen molar-refractivity contribution >= 4 is 8.32 Å². The molecule has 2 rings (SSSR count). The predicted octanol–water partition coefficient (Wildman–Crippen LogP) is 4.01. The summed E-state index contributed by atoms with van der Waals surface area (Å²) in [6.45, 7) is 13.6. The summed E-state index contributed by atoms with van der Waals surface area (Å²) in [5.41, 5.74) is 3.39. The molecular formula is C17H29NO2Si. The minimum Gasteiger partial charge on any atom is -0.408 e. The number of aromatic nitrogens is 1. The van der Waals surface area contributed by atoms with E-state index in [-0.39, 0.29) is 23.7 Å². The van der Waals surface area contributed by atoms with Crippen molar-refractivity contribution in [2.24, 2.45) is 5.92 Å². The maximum atomic E-state index is 9.58. The lowest BCUT2D eigenvalue weighted by Gasteiger charge is -2.41. The molecule has 0 aromatic carbocycles. The smallest absolute Gasteiger partial charge is 0.192 e. The number of aliphatic hydroxyl groups excluding tert-OH is 1. The van der Waals surface area contributed by atoms with Crippen LogP contribution in [0.2, 0.25) is 18.1 Å². The zero-order valence-corrected chi connectivity index (χ0v) is 15.2. The van der Waals surface area contributed by atoms with Gasteiger partial charge in [0.2, 0.25) is 0 Å². The molecule has 21 heavy (non-hydrogen) atoms. The van der Waals surface area contributed by atoms with Gasteiger partial charge in [-0.1, -0.05) is 26.8 Å². The van der Waals surface area contributed by atoms with Crippen LogP contribution in [0.1, 0.15) is 50.2 Å². The molecular weight excluding hydrogens is 278 g/mol. The molecule has 0 saturated heterocycles. The molecule has 0 amide bonds. The highest BCUT2D eigenvalue weighted by Gasteiger charge is 2.41. The maximum Gasteiger partial charge on any atom is 0.192 e. The fourth-order valence-electron chi connectivity index (χ4n) is 2.64. The van der Waals surface area contributed by atoms with Crippen molar-refractivity contribution in [3.05, 3.63) is 29.1 Å². The van der Waals surface area contributed by atoms with Gasteiger partial charge < -0.3 is 9.53 Å². The van der Waals surface area contributed by atoms with Crippen LogP contribution in [0.4, 0.5) is 0 Å². The van der Waals surface area contributed by atoms with E-state index in [2.05, 4.69) is 46.0 Å². The highest BCUT2D eigenvalue weighted by molar-refractivity contribution is 6.74. The molecule has 1 heterocycles. The number of nitrogens with zero attached hydrogens (tertiary/aromatic N) is 1. The molecule has 1 aliphatic rings. The lowest BCUT2D eigenvalue weighted by Crippen LogP contribution is -2.43. The van der Waals surface area contributed by atoms with Gasteiger partial charge in [-0.15, -0.1) is 0 Å². The summed E-state index contributed by atoms with van der Waals surface area (Å²) in [6.07, 6.45) is 1.83. The summed E-state index contributed by atoms with van der Waals surface area (Å²) in [7, 11) is -1.84. The number of aryl methyl sites for hydroxylation is 1. The van der Waals surface area contributed by atoms with E-state index in [4.69, 9.17) is 9.41 Å². The minimum atomic E-state index is -1.84. The van der Waals surface area contributed by atoms with Crippen LogP contribution < -0.4 is 0 Å². The van der Waals surface area contributed by atoms with Crippen molar-refractivity contribution in [2.75, 3.05) is 6.61 Å². The predicted molar refractivity (Wildman–Crippen MR) is 88.9 cm³/mol. The first-order chi connectivity index (χ1) is 9.64. The van der Waals surface area contributed by atoms with E-state index >= 15 is 0 Å². The molecule has 1 aromatic rings. The van der Waals surface area contributed by atoms with Crippen molar-refractivity contribution in [3.8, 4) is 0 Å². The van der Waals surface area contributed by atoms with E-state index in [1.54, 1.807) is 0 Å². The molecule has 0 saturated carbocycles. The fourth-order valence-corrected chi connectivity index (χ4v) is 3.91. The third kappa shape index (κ3) is 3.55. The van der Waals surface area contributed by atoms with Gasteiger partial charge in [0.1, 0.15) is 0 Å². The van der Waals surface area contributed by atoms with Crippen LogP contribution in [0, 0.1) is 12.8 Å². The molecule has 1 aliphatic carbocycles. The van der Waals surface area contributed by atoms with Crippen LogP contribution >= 0.6 is 0 Å². The van der Waals surface area contributed by atoms with Gasteiger partial charge in [0, 0.05) is 12.3 Å². The number of rotatable bonds is 3. The Balaban J connectivity index is 2.33. The molecule has 1 N–H and O–H groups in total. The number of hydrogen-bond acceptors (Lipinski definition) is 3. The lowest BCUT2D eigenvalue weighted by molar-refractivity contribution is 0.107. The molecule has 0 radical (unpaired) electrons. The van der Waals surface area contributed by atoms with E-state index in [9.17, 15) is 5.11 Å². The fraction of sp³-hybridized carbons (Fsp3) is 0.706. The van der Waals surface area contributed by atoms with Crippen LogP contribution in [0.3, 0.4) is 0 Å². The summed E-state index contributed by atoms with van der Waals surface area (Å²) in [5.74, 6) is 0.289. The second kappa shape index (κ2) is 5.82. The molecule has 118 valence electrons. The standard InChI is InChI=1S/C17H29NO2Si/c1-12-7-8-14-9-13(11-19)10-15(16(14)18-12)20-21(5,6)17(2,3)4/h7-8,13,15,19H,9-11H2,1-6H3/t13-,15-/m0/s1. The number of fused-ring (bicyclic) bond motifs is 1. The largest absolute Gasteiger partial charge is 0.408 e. The second-order valence-corrected chi connectivity index (χ2v) is 12.6. The zero-order chi connectivity index (χ0) is 15.8. The third-order valence-corrected chi connectivity index (χ3v) is 9.50. The number of hydrogen-bond donors (Lipinski definition) is 1. The average Bonchev–Trinajstić information content (AvgIpc) is 2.37. The van der Waals surface area contributed by atoms with E-state index in [1.165, 1.54) is 5.56 Å². The molecule has 0 fully saturated rings. The quantitative estimate of drug-likeness (QED) is 0.858. The van der Waals surface area contributed by atoms with Crippen LogP contribution in [0.5, 0.6) is 0 Å². The Morgan fingerprint density at radius 2 is 2.00 bits per heavy atom. The topological polar surface area (TPSA) is 42.4 Å². The van der Waals surface area contributed by atoms with E-state index < -0.39 is 8.32 Å². The van der Waals surface area contributed by atoms with E-state index in [0.717, 1.165) is 24.2 Å². The molecule has 4 heteroatoms. The normalized spacial score (nSPS) is 23.0. The molecule has 1 aromatic heterocycles. The Bertz CT molecular complexity index is 508. The third-order valence-electron chi connectivity index (χ3n) is 5.01. The SMILES string of the molecule is Cc1ccc2c(n1)[C@@H](O[Si](C)(C)C(C)(C)C)C[C@@H](CO)C2. The van der Waals surface area contributed by atoms with E-state index in [0.29, 0.717) is 0 Å². The van der Waals surface area contributed by atoms with Gasteiger partial charge in [-0.2, -0.15) is 0 Å². The van der Waals surface area contributed by atoms with Gasteiger partial charge in [-0.3, -0.25) is 4.98 Å². The van der Waals surface area contributed by atoms with Gasteiger partial charge in [0.25, 0.3) is 0 Å². The summed E-state index contributed by atoms with van der Waals surface area (Å²) >= 11 is 0. The second-order valence-electron chi connectivity index (χ2n) is 7.85. The monoisotopic (exact) mass is 307 g/mol. The molecule has 0 spiro atoms. The Kier molecular flexibility index (Phi) is 4.62. The van der Waals surface area contributed by atoms with Gasteiger partial charge in [-0.25, -0.2) is 0 Å². The summed E-state index contributed by atoms with van der Waals surface area (Å²) in [4.78, 5) is 4.75. The summed E-state index contributed by atoms with van der Waals surface area (Å²) in [6, 6.07) is 4.21. The summed E-state index contributed by atoms with van der Waals surface area (Å²) < 4.78 is 6.62. The molecule has 0 unspecified atom stereocenters. The lowest BCUT2D eigenvalue weighted by atomic mass is 9.85. The first-order valence-electron chi connectivity index (χ1n) is 7.89. The number of aliphatic hydroxyl groups is 1. The van der Waals surface area contributed by atoms with Crippen molar-refractivity contribution in [1.82, 2.24) is 4.98 Å². The number of pyridine rings is 1. The molecule has 0 aliphatic heterocycles. The highest BCUT2D eigenvalue weighted by atomic mass is 28.4. The first kappa shape index (κ1) is 16.7. The molecule has 0 bridgehead atoms. The summed E-state index contributed by atoms with van der Waals surface area (Å²) in [5, 5.41) is 9.77. The van der Waals surface area contributed by atoms with Gasteiger partial charge in [-0.05, 0) is 55.4 Å². The van der Waals surface area contributed by atoms with Crippen LogP contribution in [0.15, 0.2) is 12.1 Å². The van der Waals surface area contributed by atoms with Crippen LogP contribution in [-0.2, 0) is 10.8 Å². The average molecular weight is 308 g/mol. The van der Waals surface area contributed by atoms with Crippen molar-refractivity contribution in [1.29, 1.82) is 0 Å². The highest BCUT2D eigenvalue weighted by Crippen LogP contribution is 2.43. The molecule has 2 atom stereocenters. The van der Waals surface area contributed by atoms with Crippen LogP contribution in [-0.4, -0.2) is 25.0 Å². The minimum absolute atomic E-state index is 0.0340. The van der Waals surface area contributed by atoms with Gasteiger partial charge in [0.15, 0.2) is 8.32 Å².